The molecule has 4 nitrogen and oxygen atoms in total. The van der Waals surface area contributed by atoms with Crippen molar-refractivity contribution in [1.82, 2.24) is 14.8 Å². The molecule has 0 fully saturated rings. The molecule has 0 saturated heterocycles. The summed E-state index contributed by atoms with van der Waals surface area (Å²) in [5.41, 5.74) is 10.7. The van der Waals surface area contributed by atoms with Gasteiger partial charge in [-0.05, 0) is 47.5 Å². The molecule has 34 heavy (non-hydrogen) atoms. The second-order valence-corrected chi connectivity index (χ2v) is 8.80. The van der Waals surface area contributed by atoms with Gasteiger partial charge in [0, 0.05) is 40.8 Å². The summed E-state index contributed by atoms with van der Waals surface area (Å²) in [7, 11) is 0. The second-order valence-electron chi connectivity index (χ2n) is 8.80. The van der Waals surface area contributed by atoms with Crippen molar-refractivity contribution >= 4 is 23.0 Å². The Morgan fingerprint density at radius 3 is 2.38 bits per heavy atom. The van der Waals surface area contributed by atoms with Gasteiger partial charge in [-0.2, -0.15) is 10.2 Å². The maximum atomic E-state index is 4.43. The third-order valence-corrected chi connectivity index (χ3v) is 6.89. The van der Waals surface area contributed by atoms with Crippen LogP contribution in [0.15, 0.2) is 109 Å². The Bertz CT molecular complexity index is 1530. The van der Waals surface area contributed by atoms with Crippen LogP contribution in [0.25, 0.3) is 28.6 Å². The first-order chi connectivity index (χ1) is 16.9. The molecule has 0 spiro atoms. The topological polar surface area (TPSA) is 34.0 Å². The van der Waals surface area contributed by atoms with E-state index in [2.05, 4.69) is 111 Å². The molecule has 0 radical (unpaired) electrons. The van der Waals surface area contributed by atoms with Crippen molar-refractivity contribution in [1.29, 1.82) is 0 Å². The highest BCUT2D eigenvalue weighted by atomic mass is 15.2. The Kier molecular flexibility index (Phi) is 4.24. The predicted octanol–water partition coefficient (Wildman–Crippen LogP) is 6.55. The van der Waals surface area contributed by atoms with Crippen molar-refractivity contribution in [3.63, 3.8) is 0 Å². The molecule has 3 heterocycles. The van der Waals surface area contributed by atoms with Crippen LogP contribution >= 0.6 is 0 Å². The smallest absolute Gasteiger partial charge is 0.0950 e. The first-order valence-electron chi connectivity index (χ1n) is 11.6. The van der Waals surface area contributed by atoms with Crippen LogP contribution in [0.4, 0.5) is 11.4 Å². The largest absolute Gasteiger partial charge is 0.332 e. The van der Waals surface area contributed by atoms with E-state index < -0.39 is 0 Å². The summed E-state index contributed by atoms with van der Waals surface area (Å²) in [4.78, 5) is 2.44. The SMILES string of the molecule is C1=C2c3ccccc3N(c3cnnc(-c4ccccc4)c3)C2Cc2c1ccn2-c1ccccc1. The van der Waals surface area contributed by atoms with Crippen molar-refractivity contribution in [2.24, 2.45) is 0 Å². The minimum atomic E-state index is 0.204. The van der Waals surface area contributed by atoms with Gasteiger partial charge in [0.05, 0.1) is 23.6 Å². The van der Waals surface area contributed by atoms with Crippen LogP contribution in [-0.4, -0.2) is 20.8 Å². The van der Waals surface area contributed by atoms with E-state index >= 15 is 0 Å². The normalized spacial score (nSPS) is 15.9. The van der Waals surface area contributed by atoms with Crippen LogP contribution in [0.5, 0.6) is 0 Å². The Balaban J connectivity index is 1.36. The lowest BCUT2D eigenvalue weighted by Crippen LogP contribution is -2.31. The summed E-state index contributed by atoms with van der Waals surface area (Å²) in [6.45, 7) is 0. The highest BCUT2D eigenvalue weighted by molar-refractivity contribution is 6.00. The average Bonchev–Trinajstić information content (AvgIpc) is 3.47. The van der Waals surface area contributed by atoms with Crippen LogP contribution < -0.4 is 4.90 Å². The standard InChI is InChI=1S/C30H22N4/c1-3-9-21(10-4-1)27-18-24(20-31-32-27)34-28-14-8-7-13-25(28)26-17-22-15-16-33(29(22)19-30(26)34)23-11-5-2-6-12-23/h1-18,20,30H,19H2. The van der Waals surface area contributed by atoms with Gasteiger partial charge in [-0.1, -0.05) is 66.7 Å². The molecule has 5 aromatic rings. The van der Waals surface area contributed by atoms with E-state index in [9.17, 15) is 0 Å². The van der Waals surface area contributed by atoms with E-state index in [0.717, 1.165) is 23.4 Å². The van der Waals surface area contributed by atoms with Crippen molar-refractivity contribution < 1.29 is 0 Å². The van der Waals surface area contributed by atoms with Crippen LogP contribution in [-0.2, 0) is 6.42 Å². The van der Waals surface area contributed by atoms with E-state index in [-0.39, 0.29) is 6.04 Å². The predicted molar refractivity (Wildman–Crippen MR) is 137 cm³/mol. The minimum absolute atomic E-state index is 0.204. The highest BCUT2D eigenvalue weighted by Gasteiger charge is 2.38. The molecule has 1 atom stereocenters. The number of rotatable bonds is 3. The fourth-order valence-corrected chi connectivity index (χ4v) is 5.36. The van der Waals surface area contributed by atoms with Crippen molar-refractivity contribution in [2.75, 3.05) is 4.90 Å². The molecule has 7 rings (SSSR count). The Hall–Kier alpha value is -4.44. The molecule has 0 N–H and O–H groups in total. The van der Waals surface area contributed by atoms with E-state index in [1.807, 2.05) is 24.4 Å². The fourth-order valence-electron chi connectivity index (χ4n) is 5.36. The van der Waals surface area contributed by atoms with Gasteiger partial charge >= 0.3 is 0 Å². The molecule has 162 valence electrons. The number of fused-ring (bicyclic) bond motifs is 4. The first kappa shape index (κ1) is 19.1. The third-order valence-electron chi connectivity index (χ3n) is 6.89. The molecule has 4 heteroatoms. The summed E-state index contributed by atoms with van der Waals surface area (Å²) in [6, 6.07) is 34.1. The minimum Gasteiger partial charge on any atom is -0.332 e. The summed E-state index contributed by atoms with van der Waals surface area (Å²) in [5.74, 6) is 0. The van der Waals surface area contributed by atoms with Crippen molar-refractivity contribution in [2.45, 2.75) is 12.5 Å². The summed E-state index contributed by atoms with van der Waals surface area (Å²) >= 11 is 0. The number of hydrogen-bond donors (Lipinski definition) is 0. The van der Waals surface area contributed by atoms with Gasteiger partial charge in [0.15, 0.2) is 0 Å². The zero-order valence-corrected chi connectivity index (χ0v) is 18.5. The molecule has 0 amide bonds. The molecular formula is C30H22N4. The molecular weight excluding hydrogens is 416 g/mol. The van der Waals surface area contributed by atoms with Crippen LogP contribution in [0, 0.1) is 0 Å². The van der Waals surface area contributed by atoms with E-state index in [1.165, 1.54) is 33.8 Å². The average molecular weight is 439 g/mol. The van der Waals surface area contributed by atoms with Gasteiger partial charge in [-0.15, -0.1) is 0 Å². The second kappa shape index (κ2) is 7.56. The summed E-state index contributed by atoms with van der Waals surface area (Å²) < 4.78 is 2.32. The number of nitrogens with zero attached hydrogens (tertiary/aromatic N) is 4. The number of hydrogen-bond acceptors (Lipinski definition) is 3. The van der Waals surface area contributed by atoms with Gasteiger partial charge in [0.25, 0.3) is 0 Å². The quantitative estimate of drug-likeness (QED) is 0.320. The zero-order chi connectivity index (χ0) is 22.5. The zero-order valence-electron chi connectivity index (χ0n) is 18.5. The molecule has 1 aliphatic heterocycles. The van der Waals surface area contributed by atoms with Gasteiger partial charge in [0.2, 0.25) is 0 Å². The molecule has 2 aliphatic rings. The lowest BCUT2D eigenvalue weighted by atomic mass is 9.90. The molecule has 3 aromatic carbocycles. The number of para-hydroxylation sites is 2. The highest BCUT2D eigenvalue weighted by Crippen LogP contribution is 2.49. The molecule has 0 saturated carbocycles. The number of benzene rings is 3. The van der Waals surface area contributed by atoms with Crippen LogP contribution in [0.1, 0.15) is 16.8 Å². The van der Waals surface area contributed by atoms with Gasteiger partial charge in [0.1, 0.15) is 0 Å². The van der Waals surface area contributed by atoms with Crippen LogP contribution in [0.2, 0.25) is 0 Å². The lowest BCUT2D eigenvalue weighted by molar-refractivity contribution is 0.764. The molecule has 1 aliphatic carbocycles. The maximum Gasteiger partial charge on any atom is 0.0950 e. The number of anilines is 2. The summed E-state index contributed by atoms with van der Waals surface area (Å²) in [6.07, 6.45) is 7.36. The van der Waals surface area contributed by atoms with Gasteiger partial charge in [-0.3, -0.25) is 0 Å². The Morgan fingerprint density at radius 1 is 0.765 bits per heavy atom. The Labute approximate surface area is 198 Å². The monoisotopic (exact) mass is 438 g/mol. The molecule has 1 unspecified atom stereocenters. The molecule has 0 bridgehead atoms. The maximum absolute atomic E-state index is 4.43. The number of aromatic nitrogens is 3. The van der Waals surface area contributed by atoms with E-state index in [1.54, 1.807) is 0 Å². The Morgan fingerprint density at radius 2 is 1.53 bits per heavy atom. The van der Waals surface area contributed by atoms with Gasteiger partial charge in [-0.25, -0.2) is 0 Å². The lowest BCUT2D eigenvalue weighted by Gasteiger charge is -2.30. The first-order valence-corrected chi connectivity index (χ1v) is 11.6. The fraction of sp³-hybridized carbons (Fsp3) is 0.0667. The van der Waals surface area contributed by atoms with E-state index in [0.29, 0.717) is 0 Å². The third kappa shape index (κ3) is 2.92. The van der Waals surface area contributed by atoms with Crippen molar-refractivity contribution in [3.05, 3.63) is 126 Å². The van der Waals surface area contributed by atoms with E-state index in [4.69, 9.17) is 0 Å². The van der Waals surface area contributed by atoms with Crippen LogP contribution in [0.3, 0.4) is 0 Å². The molecule has 2 aromatic heterocycles. The van der Waals surface area contributed by atoms with Crippen molar-refractivity contribution in [3.8, 4) is 16.9 Å². The van der Waals surface area contributed by atoms with Gasteiger partial charge < -0.3 is 9.47 Å². The summed E-state index contributed by atoms with van der Waals surface area (Å²) in [5, 5.41) is 8.83.